The molecule has 1 amide bonds. The molecule has 0 spiro atoms. The Bertz CT molecular complexity index is 1070. The molecule has 0 radical (unpaired) electrons. The number of nitrogens with zero attached hydrogens (tertiary/aromatic N) is 1. The molecular weight excluding hydrogens is 381 g/mol. The van der Waals surface area contributed by atoms with Crippen LogP contribution in [0.5, 0.6) is 0 Å². The highest BCUT2D eigenvalue weighted by molar-refractivity contribution is 7.92. The number of nitrogens with one attached hydrogen (secondary N) is 2. The third kappa shape index (κ3) is 4.72. The molecule has 0 saturated heterocycles. The Morgan fingerprint density at radius 3 is 2.39 bits per heavy atom. The summed E-state index contributed by atoms with van der Waals surface area (Å²) in [7, 11) is -3.92. The predicted molar refractivity (Wildman–Crippen MR) is 104 cm³/mol. The van der Waals surface area contributed by atoms with E-state index in [0.717, 1.165) is 17.7 Å². The van der Waals surface area contributed by atoms with Crippen LogP contribution < -0.4 is 10.0 Å². The average Bonchev–Trinajstić information content (AvgIpc) is 2.70. The fraction of sp³-hybridized carbons (Fsp3) is 0.100. The third-order valence-corrected chi connectivity index (χ3v) is 5.44. The molecule has 28 heavy (non-hydrogen) atoms. The Labute approximate surface area is 162 Å². The van der Waals surface area contributed by atoms with Crippen LogP contribution in [0.2, 0.25) is 0 Å². The van der Waals surface area contributed by atoms with Crippen molar-refractivity contribution in [2.75, 3.05) is 4.72 Å². The summed E-state index contributed by atoms with van der Waals surface area (Å²) in [5.41, 5.74) is 1.32. The molecule has 1 heterocycles. The molecule has 0 aliphatic rings. The van der Waals surface area contributed by atoms with E-state index in [2.05, 4.69) is 15.0 Å². The number of pyridine rings is 1. The molecule has 3 rings (SSSR count). The molecule has 1 aromatic heterocycles. The number of rotatable bonds is 6. The van der Waals surface area contributed by atoms with Gasteiger partial charge in [-0.3, -0.25) is 14.5 Å². The highest BCUT2D eigenvalue weighted by Gasteiger charge is 2.18. The van der Waals surface area contributed by atoms with E-state index in [1.807, 2.05) is 6.92 Å². The highest BCUT2D eigenvalue weighted by atomic mass is 32.2. The number of hydrogen-bond donors (Lipinski definition) is 2. The lowest BCUT2D eigenvalue weighted by Gasteiger charge is -2.15. The minimum Gasteiger partial charge on any atom is -0.346 e. The van der Waals surface area contributed by atoms with Gasteiger partial charge in [0, 0.05) is 23.6 Å². The standard InChI is InChI=1S/C20H18FN3O3S/c1-14(15-9-11-22-12-10-15)23-20(25)16-3-2-4-19(13-16)28(26,27)24-18-7-5-17(21)6-8-18/h2-14,24H,1H3,(H,23,25). The van der Waals surface area contributed by atoms with Crippen molar-refractivity contribution in [3.63, 3.8) is 0 Å². The molecule has 0 aliphatic carbocycles. The summed E-state index contributed by atoms with van der Waals surface area (Å²) < 4.78 is 40.5. The van der Waals surface area contributed by atoms with Gasteiger partial charge in [0.05, 0.1) is 10.9 Å². The Morgan fingerprint density at radius 2 is 1.71 bits per heavy atom. The first kappa shape index (κ1) is 19.5. The number of hydrogen-bond acceptors (Lipinski definition) is 4. The summed E-state index contributed by atoms with van der Waals surface area (Å²) in [5.74, 6) is -0.868. The first-order valence-corrected chi connectivity index (χ1v) is 9.93. The van der Waals surface area contributed by atoms with Crippen molar-refractivity contribution < 1.29 is 17.6 Å². The maximum atomic E-state index is 13.0. The van der Waals surface area contributed by atoms with E-state index < -0.39 is 21.7 Å². The van der Waals surface area contributed by atoms with Crippen LogP contribution in [0, 0.1) is 5.82 Å². The predicted octanol–water partition coefficient (Wildman–Crippen LogP) is 3.51. The van der Waals surface area contributed by atoms with Gasteiger partial charge in [-0.2, -0.15) is 0 Å². The second-order valence-electron chi connectivity index (χ2n) is 6.12. The summed E-state index contributed by atoms with van der Waals surface area (Å²) in [4.78, 5) is 16.4. The Kier molecular flexibility index (Phi) is 5.70. The quantitative estimate of drug-likeness (QED) is 0.664. The summed E-state index contributed by atoms with van der Waals surface area (Å²) in [6.07, 6.45) is 3.26. The Balaban J connectivity index is 1.77. The van der Waals surface area contributed by atoms with Gasteiger partial charge in [0.1, 0.15) is 5.82 Å². The zero-order valence-electron chi connectivity index (χ0n) is 15.0. The van der Waals surface area contributed by atoms with E-state index in [4.69, 9.17) is 0 Å². The van der Waals surface area contributed by atoms with Crippen LogP contribution in [0.25, 0.3) is 0 Å². The van der Waals surface area contributed by atoms with Crippen molar-refractivity contribution in [3.8, 4) is 0 Å². The van der Waals surface area contributed by atoms with E-state index in [9.17, 15) is 17.6 Å². The van der Waals surface area contributed by atoms with Gasteiger partial charge >= 0.3 is 0 Å². The van der Waals surface area contributed by atoms with Crippen LogP contribution >= 0.6 is 0 Å². The van der Waals surface area contributed by atoms with E-state index in [1.54, 1.807) is 24.5 Å². The summed E-state index contributed by atoms with van der Waals surface area (Å²) in [6.45, 7) is 1.82. The minimum absolute atomic E-state index is 0.0685. The minimum atomic E-state index is -3.92. The lowest BCUT2D eigenvalue weighted by Crippen LogP contribution is -2.27. The van der Waals surface area contributed by atoms with Crippen LogP contribution in [0.4, 0.5) is 10.1 Å². The molecular formula is C20H18FN3O3S. The molecule has 2 N–H and O–H groups in total. The first-order valence-electron chi connectivity index (χ1n) is 8.44. The lowest BCUT2D eigenvalue weighted by molar-refractivity contribution is 0.0939. The Hall–Kier alpha value is -3.26. The van der Waals surface area contributed by atoms with E-state index in [1.165, 1.54) is 36.4 Å². The number of carbonyl (C=O) groups excluding carboxylic acids is 1. The largest absolute Gasteiger partial charge is 0.346 e. The second kappa shape index (κ2) is 8.18. The number of amides is 1. The SMILES string of the molecule is CC(NC(=O)c1cccc(S(=O)(=O)Nc2ccc(F)cc2)c1)c1ccncc1. The van der Waals surface area contributed by atoms with Crippen molar-refractivity contribution in [1.29, 1.82) is 0 Å². The zero-order valence-corrected chi connectivity index (χ0v) is 15.8. The Morgan fingerprint density at radius 1 is 1.04 bits per heavy atom. The van der Waals surface area contributed by atoms with Crippen molar-refractivity contribution in [1.82, 2.24) is 10.3 Å². The van der Waals surface area contributed by atoms with Gasteiger partial charge in [0.25, 0.3) is 15.9 Å². The molecule has 0 bridgehead atoms. The first-order chi connectivity index (χ1) is 13.3. The number of sulfonamides is 1. The van der Waals surface area contributed by atoms with E-state index >= 15 is 0 Å². The monoisotopic (exact) mass is 399 g/mol. The molecule has 1 unspecified atom stereocenters. The van der Waals surface area contributed by atoms with Crippen molar-refractivity contribution in [2.24, 2.45) is 0 Å². The highest BCUT2D eigenvalue weighted by Crippen LogP contribution is 2.18. The van der Waals surface area contributed by atoms with Crippen LogP contribution in [0.15, 0.2) is 78.0 Å². The molecule has 1 atom stereocenters. The van der Waals surface area contributed by atoms with Crippen LogP contribution in [-0.2, 0) is 10.0 Å². The molecule has 144 valence electrons. The average molecular weight is 399 g/mol. The van der Waals surface area contributed by atoms with E-state index in [0.29, 0.717) is 0 Å². The normalized spacial score (nSPS) is 12.2. The molecule has 0 fully saturated rings. The number of anilines is 1. The van der Waals surface area contributed by atoms with E-state index in [-0.39, 0.29) is 22.2 Å². The lowest BCUT2D eigenvalue weighted by atomic mass is 10.1. The number of carbonyl (C=O) groups is 1. The van der Waals surface area contributed by atoms with Crippen LogP contribution in [0.3, 0.4) is 0 Å². The van der Waals surface area contributed by atoms with Gasteiger partial charge in [-0.15, -0.1) is 0 Å². The fourth-order valence-corrected chi connectivity index (χ4v) is 3.66. The third-order valence-electron chi connectivity index (χ3n) is 4.06. The fourth-order valence-electron chi connectivity index (χ4n) is 2.55. The smallest absolute Gasteiger partial charge is 0.261 e. The van der Waals surface area contributed by atoms with Gasteiger partial charge in [-0.25, -0.2) is 12.8 Å². The van der Waals surface area contributed by atoms with Gasteiger partial charge in [0.15, 0.2) is 0 Å². The summed E-state index contributed by atoms with van der Waals surface area (Å²) in [5, 5.41) is 2.82. The van der Waals surface area contributed by atoms with Crippen molar-refractivity contribution >= 4 is 21.6 Å². The maximum Gasteiger partial charge on any atom is 0.261 e. The van der Waals surface area contributed by atoms with Crippen molar-refractivity contribution in [2.45, 2.75) is 17.9 Å². The molecule has 0 aliphatic heterocycles. The molecule has 6 nitrogen and oxygen atoms in total. The topological polar surface area (TPSA) is 88.2 Å². The van der Waals surface area contributed by atoms with Gasteiger partial charge in [0.2, 0.25) is 0 Å². The molecule has 2 aromatic carbocycles. The molecule has 3 aromatic rings. The number of aromatic nitrogens is 1. The summed E-state index contributed by atoms with van der Waals surface area (Å²) >= 11 is 0. The molecule has 8 heteroatoms. The summed E-state index contributed by atoms with van der Waals surface area (Å²) in [6, 6.07) is 14.0. The van der Waals surface area contributed by atoms with Crippen LogP contribution in [-0.4, -0.2) is 19.3 Å². The number of halogens is 1. The second-order valence-corrected chi connectivity index (χ2v) is 7.80. The zero-order chi connectivity index (χ0) is 20.1. The van der Waals surface area contributed by atoms with Crippen LogP contribution in [0.1, 0.15) is 28.9 Å². The van der Waals surface area contributed by atoms with Crippen molar-refractivity contribution in [3.05, 3.63) is 90.0 Å². The number of benzene rings is 2. The molecule has 0 saturated carbocycles. The van der Waals surface area contributed by atoms with Gasteiger partial charge in [-0.1, -0.05) is 6.07 Å². The maximum absolute atomic E-state index is 13.0. The van der Waals surface area contributed by atoms with Gasteiger partial charge < -0.3 is 5.32 Å². The van der Waals surface area contributed by atoms with Gasteiger partial charge in [-0.05, 0) is 67.1 Å².